The first-order valence-corrected chi connectivity index (χ1v) is 15.8. The molecule has 41 heavy (non-hydrogen) atoms. The number of nitrogens with zero attached hydrogens (tertiary/aromatic N) is 2. The summed E-state index contributed by atoms with van der Waals surface area (Å²) < 4.78 is 29.3. The van der Waals surface area contributed by atoms with Gasteiger partial charge in [-0.05, 0) is 74.9 Å². The largest absolute Gasteiger partial charge is 0.352 e. The van der Waals surface area contributed by atoms with Gasteiger partial charge in [-0.2, -0.15) is 0 Å². The van der Waals surface area contributed by atoms with E-state index < -0.39 is 28.5 Å². The molecule has 1 unspecified atom stereocenters. The molecule has 0 aliphatic heterocycles. The summed E-state index contributed by atoms with van der Waals surface area (Å²) in [6.07, 6.45) is 4.44. The van der Waals surface area contributed by atoms with Crippen LogP contribution in [0.3, 0.4) is 0 Å². The molecule has 0 aromatic heterocycles. The lowest BCUT2D eigenvalue weighted by Crippen LogP contribution is -2.53. The van der Waals surface area contributed by atoms with Crippen LogP contribution in [0.5, 0.6) is 0 Å². The fourth-order valence-corrected chi connectivity index (χ4v) is 6.93. The molecule has 2 amide bonds. The number of aryl methyl sites for hydroxylation is 3. The fourth-order valence-electron chi connectivity index (χ4n) is 5.45. The van der Waals surface area contributed by atoms with E-state index in [1.807, 2.05) is 64.1 Å². The van der Waals surface area contributed by atoms with Crippen molar-refractivity contribution in [3.05, 3.63) is 95.1 Å². The standard InChI is InChI=1S/C33H41N3O4S/c1-5-30(33(38)34-28-15-9-10-16-28)35(22-27-14-8-6-12-25(27)3)32(37)23-36(31-17-11-7-13-26(31)4)41(39,40)29-20-18-24(2)19-21-29/h6-8,11-14,17-21,28,30H,5,9-10,15-16,22-23H2,1-4H3,(H,34,38). The molecule has 7 nitrogen and oxygen atoms in total. The smallest absolute Gasteiger partial charge is 0.264 e. The summed E-state index contributed by atoms with van der Waals surface area (Å²) in [5.74, 6) is -0.620. The highest BCUT2D eigenvalue weighted by Gasteiger charge is 2.35. The maximum Gasteiger partial charge on any atom is 0.264 e. The molecule has 1 aliphatic carbocycles. The molecule has 0 spiro atoms. The van der Waals surface area contributed by atoms with Gasteiger partial charge in [0.25, 0.3) is 10.0 Å². The summed E-state index contributed by atoms with van der Waals surface area (Å²) in [4.78, 5) is 29.5. The number of nitrogens with one attached hydrogen (secondary N) is 1. The van der Waals surface area contributed by atoms with Crippen molar-refractivity contribution in [3.8, 4) is 0 Å². The first kappa shape index (κ1) is 30.3. The van der Waals surface area contributed by atoms with Gasteiger partial charge in [0.1, 0.15) is 12.6 Å². The number of amides is 2. The van der Waals surface area contributed by atoms with Crippen LogP contribution in [0, 0.1) is 20.8 Å². The molecule has 4 rings (SSSR count). The Balaban J connectivity index is 1.73. The zero-order valence-corrected chi connectivity index (χ0v) is 25.3. The van der Waals surface area contributed by atoms with Crippen LogP contribution in [0.15, 0.2) is 77.7 Å². The third kappa shape index (κ3) is 7.17. The van der Waals surface area contributed by atoms with E-state index in [0.29, 0.717) is 12.1 Å². The van der Waals surface area contributed by atoms with Gasteiger partial charge < -0.3 is 10.2 Å². The lowest BCUT2D eigenvalue weighted by atomic mass is 10.1. The number of benzene rings is 3. The summed E-state index contributed by atoms with van der Waals surface area (Å²) in [5, 5.41) is 3.16. The molecule has 0 bridgehead atoms. The van der Waals surface area contributed by atoms with Crippen molar-refractivity contribution in [2.24, 2.45) is 0 Å². The SMILES string of the molecule is CCC(C(=O)NC1CCCC1)N(Cc1ccccc1C)C(=O)CN(c1ccccc1C)S(=O)(=O)c1ccc(C)cc1. The molecule has 1 saturated carbocycles. The van der Waals surface area contributed by atoms with Crippen LogP contribution >= 0.6 is 0 Å². The molecule has 0 radical (unpaired) electrons. The van der Waals surface area contributed by atoms with Crippen molar-refractivity contribution in [2.75, 3.05) is 10.8 Å². The van der Waals surface area contributed by atoms with E-state index in [1.54, 1.807) is 41.3 Å². The maximum absolute atomic E-state index is 14.3. The molecule has 0 heterocycles. The summed E-state index contributed by atoms with van der Waals surface area (Å²) in [7, 11) is -4.09. The second-order valence-corrected chi connectivity index (χ2v) is 12.8. The van der Waals surface area contributed by atoms with Crippen molar-refractivity contribution in [1.82, 2.24) is 10.2 Å². The van der Waals surface area contributed by atoms with Crippen molar-refractivity contribution in [3.63, 3.8) is 0 Å². The summed E-state index contributed by atoms with van der Waals surface area (Å²) in [6.45, 7) is 7.35. The Morgan fingerprint density at radius 2 is 1.49 bits per heavy atom. The molecule has 1 fully saturated rings. The van der Waals surface area contributed by atoms with Crippen LogP contribution in [0.25, 0.3) is 0 Å². The molecular formula is C33H41N3O4S. The number of hydrogen-bond acceptors (Lipinski definition) is 4. The molecule has 3 aromatic carbocycles. The lowest BCUT2D eigenvalue weighted by Gasteiger charge is -2.34. The van der Waals surface area contributed by atoms with Gasteiger partial charge in [0.2, 0.25) is 11.8 Å². The van der Waals surface area contributed by atoms with Crippen molar-refractivity contribution in [2.45, 2.75) is 83.3 Å². The van der Waals surface area contributed by atoms with Gasteiger partial charge >= 0.3 is 0 Å². The highest BCUT2D eigenvalue weighted by atomic mass is 32.2. The average molecular weight is 576 g/mol. The second-order valence-electron chi connectivity index (χ2n) is 11.0. The van der Waals surface area contributed by atoms with Crippen LogP contribution in [-0.2, 0) is 26.2 Å². The summed E-state index contributed by atoms with van der Waals surface area (Å²) in [5.41, 5.74) is 4.01. The zero-order valence-electron chi connectivity index (χ0n) is 24.5. The Morgan fingerprint density at radius 1 is 0.878 bits per heavy atom. The Bertz CT molecular complexity index is 1460. The number of carbonyl (C=O) groups excluding carboxylic acids is 2. The number of rotatable bonds is 11. The van der Waals surface area contributed by atoms with E-state index in [1.165, 1.54) is 4.31 Å². The Hall–Kier alpha value is -3.65. The van der Waals surface area contributed by atoms with Crippen molar-refractivity contribution in [1.29, 1.82) is 0 Å². The fraction of sp³-hybridized carbons (Fsp3) is 0.394. The van der Waals surface area contributed by atoms with Gasteiger partial charge in [0.15, 0.2) is 0 Å². The number of hydrogen-bond donors (Lipinski definition) is 1. The Morgan fingerprint density at radius 3 is 2.10 bits per heavy atom. The van der Waals surface area contributed by atoms with E-state index in [-0.39, 0.29) is 23.4 Å². The molecular weight excluding hydrogens is 534 g/mol. The normalized spacial score (nSPS) is 14.4. The number of sulfonamides is 1. The Kier molecular flexibility index (Phi) is 9.86. The highest BCUT2D eigenvalue weighted by Crippen LogP contribution is 2.28. The molecule has 3 aromatic rings. The molecule has 1 aliphatic rings. The van der Waals surface area contributed by atoms with Gasteiger partial charge in [0.05, 0.1) is 10.6 Å². The molecule has 1 atom stereocenters. The minimum absolute atomic E-state index is 0.107. The van der Waals surface area contributed by atoms with E-state index in [2.05, 4.69) is 5.32 Å². The second kappa shape index (κ2) is 13.3. The van der Waals surface area contributed by atoms with Crippen molar-refractivity contribution >= 4 is 27.5 Å². The van der Waals surface area contributed by atoms with Gasteiger partial charge in [-0.25, -0.2) is 8.42 Å². The van der Waals surface area contributed by atoms with E-state index >= 15 is 0 Å². The van der Waals surface area contributed by atoms with Crippen molar-refractivity contribution < 1.29 is 18.0 Å². The molecule has 8 heteroatoms. The number of anilines is 1. The van der Waals surface area contributed by atoms with E-state index in [9.17, 15) is 18.0 Å². The first-order valence-electron chi connectivity index (χ1n) is 14.4. The summed E-state index contributed by atoms with van der Waals surface area (Å²) in [6, 6.07) is 20.9. The minimum Gasteiger partial charge on any atom is -0.352 e. The molecule has 1 N–H and O–H groups in total. The van der Waals surface area contributed by atoms with E-state index in [4.69, 9.17) is 0 Å². The summed E-state index contributed by atoms with van der Waals surface area (Å²) >= 11 is 0. The first-order chi connectivity index (χ1) is 19.6. The van der Waals surface area contributed by atoms with Gasteiger partial charge in [-0.1, -0.05) is 79.9 Å². The lowest BCUT2D eigenvalue weighted by molar-refractivity contribution is -0.140. The maximum atomic E-state index is 14.3. The van der Waals surface area contributed by atoms with Gasteiger partial charge in [0, 0.05) is 12.6 Å². The molecule has 0 saturated heterocycles. The number of carbonyl (C=O) groups is 2. The molecule has 218 valence electrons. The zero-order chi connectivity index (χ0) is 29.6. The quantitative estimate of drug-likeness (QED) is 0.319. The number of para-hydroxylation sites is 1. The van der Waals surface area contributed by atoms with Crippen LogP contribution in [0.1, 0.15) is 61.3 Å². The van der Waals surface area contributed by atoms with Crippen LogP contribution in [-0.4, -0.2) is 43.8 Å². The predicted molar refractivity (Wildman–Crippen MR) is 163 cm³/mol. The monoisotopic (exact) mass is 575 g/mol. The highest BCUT2D eigenvalue weighted by molar-refractivity contribution is 7.92. The van der Waals surface area contributed by atoms with Gasteiger partial charge in [-0.3, -0.25) is 13.9 Å². The predicted octanol–water partition coefficient (Wildman–Crippen LogP) is 5.67. The van der Waals surface area contributed by atoms with Crippen LogP contribution in [0.2, 0.25) is 0 Å². The Labute approximate surface area is 244 Å². The average Bonchev–Trinajstić information content (AvgIpc) is 3.46. The third-order valence-electron chi connectivity index (χ3n) is 7.96. The van der Waals surface area contributed by atoms with Gasteiger partial charge in [-0.15, -0.1) is 0 Å². The third-order valence-corrected chi connectivity index (χ3v) is 9.74. The van der Waals surface area contributed by atoms with E-state index in [0.717, 1.165) is 47.9 Å². The van der Waals surface area contributed by atoms with Crippen LogP contribution < -0.4 is 9.62 Å². The minimum atomic E-state index is -4.09. The topological polar surface area (TPSA) is 86.8 Å². The van der Waals surface area contributed by atoms with Crippen LogP contribution in [0.4, 0.5) is 5.69 Å².